The van der Waals surface area contributed by atoms with E-state index in [-0.39, 0.29) is 0 Å². The number of carboxylic acid groups (broad SMARTS) is 1. The van der Waals surface area contributed by atoms with Crippen molar-refractivity contribution in [3.63, 3.8) is 0 Å². The van der Waals surface area contributed by atoms with Crippen molar-refractivity contribution in [1.82, 2.24) is 20.2 Å². The highest BCUT2D eigenvalue weighted by Gasteiger charge is 2.18. The van der Waals surface area contributed by atoms with Crippen LogP contribution in [0.2, 0.25) is 0 Å². The minimum atomic E-state index is -0.994. The van der Waals surface area contributed by atoms with Gasteiger partial charge in [-0.15, -0.1) is 0 Å². The molecule has 0 aliphatic rings. The Kier molecular flexibility index (Phi) is 7.16. The van der Waals surface area contributed by atoms with Crippen molar-refractivity contribution in [2.24, 2.45) is 0 Å². The maximum absolute atomic E-state index is 11.6. The van der Waals surface area contributed by atoms with Gasteiger partial charge in [0, 0.05) is 25.5 Å². The Bertz CT molecular complexity index is 406. The van der Waals surface area contributed by atoms with Gasteiger partial charge in [-0.1, -0.05) is 19.8 Å². The number of unbranched alkanes of at least 4 members (excludes halogenated alkanes) is 1. The predicted molar refractivity (Wildman–Crippen MR) is 74.3 cm³/mol. The molecule has 2 amide bonds. The van der Waals surface area contributed by atoms with Crippen LogP contribution in [0.15, 0.2) is 18.7 Å². The number of rotatable bonds is 9. The summed E-state index contributed by atoms with van der Waals surface area (Å²) < 4.78 is 1.92. The fourth-order valence-corrected chi connectivity index (χ4v) is 1.76. The number of hydrogen-bond donors (Lipinski definition) is 3. The molecule has 20 heavy (non-hydrogen) atoms. The molecule has 1 aromatic rings. The van der Waals surface area contributed by atoms with Gasteiger partial charge >= 0.3 is 12.0 Å². The Morgan fingerprint density at radius 1 is 1.40 bits per heavy atom. The highest BCUT2D eigenvalue weighted by Crippen LogP contribution is 2.00. The number of nitrogens with zero attached hydrogens (tertiary/aromatic N) is 2. The van der Waals surface area contributed by atoms with Crippen LogP contribution in [0.4, 0.5) is 4.79 Å². The summed E-state index contributed by atoms with van der Waals surface area (Å²) >= 11 is 0. The first-order valence-corrected chi connectivity index (χ1v) is 6.86. The average Bonchev–Trinajstić information content (AvgIpc) is 2.92. The maximum atomic E-state index is 11.6. The first-order valence-electron chi connectivity index (χ1n) is 6.86. The van der Waals surface area contributed by atoms with Gasteiger partial charge in [-0.25, -0.2) is 14.6 Å². The molecular formula is C13H22N4O3. The van der Waals surface area contributed by atoms with Crippen molar-refractivity contribution < 1.29 is 14.7 Å². The molecule has 0 radical (unpaired) electrons. The lowest BCUT2D eigenvalue weighted by atomic mass is 10.1. The van der Waals surface area contributed by atoms with Crippen molar-refractivity contribution in [1.29, 1.82) is 0 Å². The Labute approximate surface area is 118 Å². The van der Waals surface area contributed by atoms with E-state index in [0.717, 1.165) is 25.8 Å². The largest absolute Gasteiger partial charge is 0.480 e. The van der Waals surface area contributed by atoms with Crippen LogP contribution in [0.3, 0.4) is 0 Å². The normalized spacial score (nSPS) is 11.8. The van der Waals surface area contributed by atoms with Gasteiger partial charge in [-0.2, -0.15) is 0 Å². The second-order valence-corrected chi connectivity index (χ2v) is 4.59. The number of carbonyl (C=O) groups excluding carboxylic acids is 1. The minimum absolute atomic E-state index is 0.431. The second kappa shape index (κ2) is 8.95. The molecule has 7 heteroatoms. The number of aromatic nitrogens is 2. The number of amides is 2. The molecule has 1 aromatic heterocycles. The smallest absolute Gasteiger partial charge is 0.326 e. The minimum Gasteiger partial charge on any atom is -0.480 e. The zero-order chi connectivity index (χ0) is 14.8. The molecule has 1 rings (SSSR count). The molecule has 0 bridgehead atoms. The van der Waals surface area contributed by atoms with Gasteiger partial charge in [0.15, 0.2) is 0 Å². The Hall–Kier alpha value is -2.05. The van der Waals surface area contributed by atoms with Gasteiger partial charge in [0.25, 0.3) is 0 Å². The average molecular weight is 282 g/mol. The van der Waals surface area contributed by atoms with Gasteiger partial charge in [0.05, 0.1) is 6.33 Å². The van der Waals surface area contributed by atoms with Crippen molar-refractivity contribution in [3.8, 4) is 0 Å². The molecule has 1 unspecified atom stereocenters. The molecule has 0 saturated heterocycles. The number of carboxylic acids is 1. The fourth-order valence-electron chi connectivity index (χ4n) is 1.76. The summed E-state index contributed by atoms with van der Waals surface area (Å²) in [5.74, 6) is -0.994. The molecule has 0 aliphatic carbocycles. The maximum Gasteiger partial charge on any atom is 0.326 e. The first-order chi connectivity index (χ1) is 9.63. The Balaban J connectivity index is 2.18. The van der Waals surface area contributed by atoms with Gasteiger partial charge in [0.2, 0.25) is 0 Å². The van der Waals surface area contributed by atoms with Crippen LogP contribution in [-0.2, 0) is 11.3 Å². The highest BCUT2D eigenvalue weighted by atomic mass is 16.4. The highest BCUT2D eigenvalue weighted by molar-refractivity contribution is 5.82. The molecule has 112 valence electrons. The van der Waals surface area contributed by atoms with E-state index in [9.17, 15) is 9.59 Å². The summed E-state index contributed by atoms with van der Waals surface area (Å²) in [5, 5.41) is 14.1. The molecule has 0 aliphatic heterocycles. The SMILES string of the molecule is CCCCC(NC(=O)NCCCn1ccnc1)C(=O)O. The summed E-state index contributed by atoms with van der Waals surface area (Å²) in [6, 6.07) is -1.25. The van der Waals surface area contributed by atoms with E-state index in [1.54, 1.807) is 12.5 Å². The molecule has 7 nitrogen and oxygen atoms in total. The van der Waals surface area contributed by atoms with Crippen molar-refractivity contribution in [2.75, 3.05) is 6.54 Å². The van der Waals surface area contributed by atoms with Crippen LogP contribution in [-0.4, -0.2) is 39.2 Å². The van der Waals surface area contributed by atoms with E-state index < -0.39 is 18.0 Å². The summed E-state index contributed by atoms with van der Waals surface area (Å²) in [4.78, 5) is 26.5. The number of imidazole rings is 1. The summed E-state index contributed by atoms with van der Waals surface area (Å²) in [5.41, 5.74) is 0. The number of hydrogen-bond acceptors (Lipinski definition) is 3. The van der Waals surface area contributed by atoms with Gasteiger partial charge in [0.1, 0.15) is 6.04 Å². The molecule has 0 fully saturated rings. The third-order valence-corrected chi connectivity index (χ3v) is 2.89. The van der Waals surface area contributed by atoms with Gasteiger partial charge in [-0.05, 0) is 12.8 Å². The van der Waals surface area contributed by atoms with E-state index in [1.165, 1.54) is 0 Å². The quantitative estimate of drug-likeness (QED) is 0.593. The molecular weight excluding hydrogens is 260 g/mol. The van der Waals surface area contributed by atoms with Crippen molar-refractivity contribution >= 4 is 12.0 Å². The predicted octanol–water partition coefficient (Wildman–Crippen LogP) is 1.22. The molecule has 0 spiro atoms. The monoisotopic (exact) mass is 282 g/mol. The third kappa shape index (κ3) is 6.21. The molecule has 3 N–H and O–H groups in total. The third-order valence-electron chi connectivity index (χ3n) is 2.89. The van der Waals surface area contributed by atoms with Crippen molar-refractivity contribution in [3.05, 3.63) is 18.7 Å². The summed E-state index contributed by atoms with van der Waals surface area (Å²) in [6.07, 6.45) is 8.16. The van der Waals surface area contributed by atoms with E-state index in [1.807, 2.05) is 17.7 Å². The standard InChI is InChI=1S/C13H22N4O3/c1-2-3-5-11(12(18)19)16-13(20)15-6-4-8-17-9-7-14-10-17/h7,9-11H,2-6,8H2,1H3,(H,18,19)(H2,15,16,20). The van der Waals surface area contributed by atoms with E-state index in [4.69, 9.17) is 5.11 Å². The van der Waals surface area contributed by atoms with Crippen LogP contribution in [0.5, 0.6) is 0 Å². The number of aryl methyl sites for hydroxylation is 1. The zero-order valence-corrected chi connectivity index (χ0v) is 11.7. The van der Waals surface area contributed by atoms with Crippen LogP contribution >= 0.6 is 0 Å². The fraction of sp³-hybridized carbons (Fsp3) is 0.615. The second-order valence-electron chi connectivity index (χ2n) is 4.59. The van der Waals surface area contributed by atoms with Crippen molar-refractivity contribution in [2.45, 2.75) is 45.2 Å². The summed E-state index contributed by atoms with van der Waals surface area (Å²) in [7, 11) is 0. The van der Waals surface area contributed by atoms with E-state index >= 15 is 0 Å². The number of urea groups is 1. The first kappa shape index (κ1) is 16.0. The Morgan fingerprint density at radius 2 is 2.20 bits per heavy atom. The Morgan fingerprint density at radius 3 is 2.80 bits per heavy atom. The molecule has 1 heterocycles. The molecule has 0 aromatic carbocycles. The van der Waals surface area contributed by atoms with Crippen LogP contribution in [0.1, 0.15) is 32.6 Å². The lowest BCUT2D eigenvalue weighted by molar-refractivity contribution is -0.139. The summed E-state index contributed by atoms with van der Waals surface area (Å²) in [6.45, 7) is 3.23. The van der Waals surface area contributed by atoms with Crippen LogP contribution in [0, 0.1) is 0 Å². The molecule has 0 saturated carbocycles. The van der Waals surface area contributed by atoms with Gasteiger partial charge in [-0.3, -0.25) is 0 Å². The lowest BCUT2D eigenvalue weighted by Gasteiger charge is -2.14. The van der Waals surface area contributed by atoms with E-state index in [2.05, 4.69) is 15.6 Å². The van der Waals surface area contributed by atoms with E-state index in [0.29, 0.717) is 13.0 Å². The van der Waals surface area contributed by atoms with Crippen LogP contribution in [0.25, 0.3) is 0 Å². The lowest BCUT2D eigenvalue weighted by Crippen LogP contribution is -2.46. The number of aliphatic carboxylic acids is 1. The van der Waals surface area contributed by atoms with Crippen LogP contribution < -0.4 is 10.6 Å². The number of nitrogens with one attached hydrogen (secondary N) is 2. The zero-order valence-electron chi connectivity index (χ0n) is 11.7. The molecule has 1 atom stereocenters. The van der Waals surface area contributed by atoms with Gasteiger partial charge < -0.3 is 20.3 Å². The topological polar surface area (TPSA) is 96.3 Å². The number of carbonyl (C=O) groups is 2.